The Hall–Kier alpha value is -5.71. The largest absolute Gasteiger partial charge is 0.478 e. The maximum Gasteiger partial charge on any atom is 0.417 e. The smallest absolute Gasteiger partial charge is 0.417 e. The van der Waals surface area contributed by atoms with Gasteiger partial charge in [0.25, 0.3) is 5.91 Å². The van der Waals surface area contributed by atoms with Crippen LogP contribution in [0.15, 0.2) is 53.1 Å². The normalized spacial score (nSPS) is 11.1. The topological polar surface area (TPSA) is 180 Å². The van der Waals surface area contributed by atoms with E-state index in [-0.39, 0.29) is 39.0 Å². The van der Waals surface area contributed by atoms with Gasteiger partial charge >= 0.3 is 12.1 Å². The predicted octanol–water partition coefficient (Wildman–Crippen LogP) is 4.42. The minimum Gasteiger partial charge on any atom is -0.478 e. The lowest BCUT2D eigenvalue weighted by Gasteiger charge is -2.20. The molecule has 41 heavy (non-hydrogen) atoms. The Labute approximate surface area is 228 Å². The van der Waals surface area contributed by atoms with Crippen LogP contribution in [0.5, 0.6) is 0 Å². The van der Waals surface area contributed by atoms with E-state index in [1.807, 2.05) is 0 Å². The second-order valence-corrected chi connectivity index (χ2v) is 8.73. The molecule has 4 rings (SSSR count). The first kappa shape index (κ1) is 28.3. The van der Waals surface area contributed by atoms with Crippen molar-refractivity contribution in [2.75, 3.05) is 17.3 Å². The molecule has 0 radical (unpaired) electrons. The zero-order valence-electron chi connectivity index (χ0n) is 21.2. The van der Waals surface area contributed by atoms with Gasteiger partial charge in [0, 0.05) is 25.2 Å². The summed E-state index contributed by atoms with van der Waals surface area (Å²) in [6.07, 6.45) is -4.90. The second-order valence-electron chi connectivity index (χ2n) is 8.73. The van der Waals surface area contributed by atoms with Crippen molar-refractivity contribution >= 4 is 46.0 Å². The number of halogens is 3. The molecular formula is C27H18F3N5O6. The minimum atomic E-state index is -4.90. The number of nitrogens with one attached hydrogen (secondary N) is 1. The third kappa shape index (κ3) is 5.41. The van der Waals surface area contributed by atoms with Gasteiger partial charge in [-0.15, -0.1) is 0 Å². The molecule has 0 aliphatic carbocycles. The summed E-state index contributed by atoms with van der Waals surface area (Å²) in [7, 11) is 1.30. The van der Waals surface area contributed by atoms with E-state index in [4.69, 9.17) is 15.5 Å². The Balaban J connectivity index is 1.84. The number of primary amides is 1. The fourth-order valence-corrected chi connectivity index (χ4v) is 4.05. The monoisotopic (exact) mass is 565 g/mol. The summed E-state index contributed by atoms with van der Waals surface area (Å²) in [5.74, 6) is -4.02. The summed E-state index contributed by atoms with van der Waals surface area (Å²) in [5.41, 5.74) is 2.08. The van der Waals surface area contributed by atoms with E-state index in [0.29, 0.717) is 0 Å². The molecule has 0 unspecified atom stereocenters. The van der Waals surface area contributed by atoms with Gasteiger partial charge in [0.15, 0.2) is 11.3 Å². The number of amides is 3. The average Bonchev–Trinajstić information content (AvgIpc) is 3.34. The molecule has 1 heterocycles. The van der Waals surface area contributed by atoms with Crippen LogP contribution < -0.4 is 16.0 Å². The molecule has 0 aliphatic rings. The van der Waals surface area contributed by atoms with Crippen molar-refractivity contribution in [1.82, 2.24) is 5.16 Å². The number of hydrogen-bond acceptors (Lipinski definition) is 7. The number of nitrogens with zero attached hydrogens (tertiary/aromatic N) is 3. The number of fused-ring (bicyclic) bond motifs is 1. The first-order valence-corrected chi connectivity index (χ1v) is 11.5. The molecule has 0 bridgehead atoms. The average molecular weight is 565 g/mol. The molecule has 0 atom stereocenters. The maximum atomic E-state index is 14.1. The lowest BCUT2D eigenvalue weighted by atomic mass is 9.92. The Morgan fingerprint density at radius 2 is 1.76 bits per heavy atom. The molecule has 11 nitrogen and oxygen atoms in total. The molecule has 1 aromatic heterocycles. The molecule has 0 spiro atoms. The van der Waals surface area contributed by atoms with Gasteiger partial charge in [-0.05, 0) is 53.6 Å². The van der Waals surface area contributed by atoms with Crippen LogP contribution >= 0.6 is 0 Å². The summed E-state index contributed by atoms with van der Waals surface area (Å²) < 4.78 is 47.5. The van der Waals surface area contributed by atoms with Crippen molar-refractivity contribution in [3.05, 3.63) is 76.5 Å². The van der Waals surface area contributed by atoms with Gasteiger partial charge in [0.1, 0.15) is 0 Å². The molecule has 0 saturated carbocycles. The number of aromatic nitrogens is 1. The van der Waals surface area contributed by atoms with E-state index >= 15 is 0 Å². The van der Waals surface area contributed by atoms with Crippen molar-refractivity contribution in [3.8, 4) is 17.2 Å². The molecular weight excluding hydrogens is 547 g/mol. The Morgan fingerprint density at radius 1 is 1.05 bits per heavy atom. The summed E-state index contributed by atoms with van der Waals surface area (Å²) in [4.78, 5) is 49.7. The molecule has 0 fully saturated rings. The minimum absolute atomic E-state index is 0.0325. The molecule has 14 heteroatoms. The molecule has 0 saturated heterocycles. The van der Waals surface area contributed by atoms with Crippen molar-refractivity contribution in [1.29, 1.82) is 5.26 Å². The second kappa shape index (κ2) is 10.5. The van der Waals surface area contributed by atoms with Crippen LogP contribution in [-0.4, -0.2) is 41.0 Å². The summed E-state index contributed by atoms with van der Waals surface area (Å²) in [6, 6.07) is 10.5. The zero-order chi connectivity index (χ0) is 30.2. The molecule has 0 aliphatic heterocycles. The van der Waals surface area contributed by atoms with Crippen LogP contribution in [-0.2, 0) is 11.0 Å². The number of alkyl halides is 3. The van der Waals surface area contributed by atoms with Crippen LogP contribution in [0.4, 0.5) is 24.5 Å². The number of carboxylic acid groups (broad SMARTS) is 1. The van der Waals surface area contributed by atoms with Gasteiger partial charge in [0.2, 0.25) is 11.8 Å². The molecule has 208 valence electrons. The Kier molecular flexibility index (Phi) is 7.22. The van der Waals surface area contributed by atoms with Gasteiger partial charge < -0.3 is 25.6 Å². The summed E-state index contributed by atoms with van der Waals surface area (Å²) >= 11 is 0. The van der Waals surface area contributed by atoms with E-state index in [9.17, 15) is 37.5 Å². The van der Waals surface area contributed by atoms with E-state index in [1.165, 1.54) is 32.2 Å². The fraction of sp³-hybridized carbons (Fsp3) is 0.111. The number of rotatable bonds is 6. The van der Waals surface area contributed by atoms with Gasteiger partial charge in [-0.25, -0.2) is 4.79 Å². The van der Waals surface area contributed by atoms with E-state index in [2.05, 4.69) is 10.5 Å². The van der Waals surface area contributed by atoms with Crippen LogP contribution in [0.2, 0.25) is 0 Å². The van der Waals surface area contributed by atoms with E-state index in [1.54, 1.807) is 6.07 Å². The number of benzene rings is 3. The third-order valence-corrected chi connectivity index (χ3v) is 6.18. The highest BCUT2D eigenvalue weighted by molar-refractivity contribution is 6.14. The van der Waals surface area contributed by atoms with Gasteiger partial charge in [-0.2, -0.15) is 18.4 Å². The van der Waals surface area contributed by atoms with Gasteiger partial charge in [0.05, 0.1) is 33.8 Å². The van der Waals surface area contributed by atoms with Gasteiger partial charge in [-0.3, -0.25) is 14.4 Å². The number of anilines is 2. The molecule has 4 N–H and O–H groups in total. The molecule has 4 aromatic rings. The third-order valence-electron chi connectivity index (χ3n) is 6.18. The SMILES string of the molecule is CC(=O)N(C)c1ccc(-c2cc3onc(C(=O)Nc4ccc(C#N)cc4C(=O)O)c3cc2C(N)=O)c(C(F)(F)F)c1. The van der Waals surface area contributed by atoms with Gasteiger partial charge in [-0.1, -0.05) is 11.2 Å². The maximum absolute atomic E-state index is 14.1. The molecule has 3 amide bonds. The molecule has 3 aromatic carbocycles. The first-order valence-electron chi connectivity index (χ1n) is 11.5. The number of carbonyl (C=O) groups excluding carboxylic acids is 3. The summed E-state index contributed by atoms with van der Waals surface area (Å²) in [5, 5.41) is 24.4. The highest BCUT2D eigenvalue weighted by atomic mass is 19.4. The number of aromatic carboxylic acids is 1. The van der Waals surface area contributed by atoms with Crippen LogP contribution in [0.25, 0.3) is 22.1 Å². The van der Waals surface area contributed by atoms with Crippen LogP contribution in [0.3, 0.4) is 0 Å². The zero-order valence-corrected chi connectivity index (χ0v) is 21.2. The number of carboxylic acids is 1. The first-order chi connectivity index (χ1) is 19.2. The number of hydrogen-bond donors (Lipinski definition) is 3. The van der Waals surface area contributed by atoms with E-state index in [0.717, 1.165) is 35.2 Å². The number of nitrogens with two attached hydrogens (primary N) is 1. The lowest BCUT2D eigenvalue weighted by molar-refractivity contribution is -0.137. The van der Waals surface area contributed by atoms with Crippen LogP contribution in [0, 0.1) is 11.3 Å². The predicted molar refractivity (Wildman–Crippen MR) is 138 cm³/mol. The Bertz CT molecular complexity index is 1810. The van der Waals surface area contributed by atoms with Crippen molar-refractivity contribution in [3.63, 3.8) is 0 Å². The van der Waals surface area contributed by atoms with Crippen molar-refractivity contribution < 1.29 is 42.0 Å². The summed E-state index contributed by atoms with van der Waals surface area (Å²) in [6.45, 7) is 1.18. The fourth-order valence-electron chi connectivity index (χ4n) is 4.05. The highest BCUT2D eigenvalue weighted by Crippen LogP contribution is 2.41. The Morgan fingerprint density at radius 3 is 2.34 bits per heavy atom. The lowest BCUT2D eigenvalue weighted by Crippen LogP contribution is -2.23. The van der Waals surface area contributed by atoms with Crippen molar-refractivity contribution in [2.45, 2.75) is 13.1 Å². The van der Waals surface area contributed by atoms with E-state index < -0.39 is 52.3 Å². The van der Waals surface area contributed by atoms with Crippen LogP contribution in [0.1, 0.15) is 49.3 Å². The number of nitriles is 1. The van der Waals surface area contributed by atoms with Crippen molar-refractivity contribution in [2.24, 2.45) is 5.73 Å². The quantitative estimate of drug-likeness (QED) is 0.307. The highest BCUT2D eigenvalue weighted by Gasteiger charge is 2.36. The standard InChI is InChI=1S/C27H18F3N5O6/c1-12(36)35(2)14-4-5-15(20(8-14)27(28,29)30)16-10-22-19(9-17(16)24(32)37)23(34-41-22)25(38)33-21-6-3-13(11-31)7-18(21)26(39)40/h3-10H,1-2H3,(H2,32,37)(H,33,38)(H,39,40). The number of carbonyl (C=O) groups is 4.